The number of nitrogens with two attached hydrogens (primary N) is 1. The van der Waals surface area contributed by atoms with Gasteiger partial charge in [-0.2, -0.15) is 0 Å². The standard InChI is InChI=1S/C16H24N4/c1-12-7-6-8-14-15(12)20(16(17)18-14)13(2)11-19-9-4-3-5-10-19/h6-8,13H,3-5,9-11H2,1-2H3,(H2,17,18). The highest BCUT2D eigenvalue weighted by Crippen LogP contribution is 2.26. The van der Waals surface area contributed by atoms with E-state index in [-0.39, 0.29) is 0 Å². The molecule has 2 aromatic rings. The first kappa shape index (κ1) is 13.4. The Labute approximate surface area is 120 Å². The number of nitrogens with zero attached hydrogens (tertiary/aromatic N) is 3. The number of hydrogen-bond donors (Lipinski definition) is 1. The fraction of sp³-hybridized carbons (Fsp3) is 0.562. The maximum atomic E-state index is 6.16. The number of nitrogen functional groups attached to an aromatic ring is 1. The topological polar surface area (TPSA) is 47.1 Å². The summed E-state index contributed by atoms with van der Waals surface area (Å²) in [5.74, 6) is 0.638. The van der Waals surface area contributed by atoms with Crippen LogP contribution in [0.5, 0.6) is 0 Å². The molecule has 1 aliphatic heterocycles. The summed E-state index contributed by atoms with van der Waals surface area (Å²) in [5.41, 5.74) is 9.61. The van der Waals surface area contributed by atoms with Crippen molar-refractivity contribution >= 4 is 17.0 Å². The average Bonchev–Trinajstić information content (AvgIpc) is 2.77. The smallest absolute Gasteiger partial charge is 0.201 e. The Morgan fingerprint density at radius 2 is 2.00 bits per heavy atom. The Hall–Kier alpha value is -1.55. The van der Waals surface area contributed by atoms with E-state index < -0.39 is 0 Å². The van der Waals surface area contributed by atoms with E-state index in [9.17, 15) is 0 Å². The summed E-state index contributed by atoms with van der Waals surface area (Å²) in [7, 11) is 0. The number of rotatable bonds is 3. The molecule has 0 bridgehead atoms. The number of likely N-dealkylation sites (tertiary alicyclic amines) is 1. The maximum Gasteiger partial charge on any atom is 0.201 e. The van der Waals surface area contributed by atoms with E-state index >= 15 is 0 Å². The molecule has 1 atom stereocenters. The molecule has 0 amide bonds. The summed E-state index contributed by atoms with van der Waals surface area (Å²) in [5, 5.41) is 0. The van der Waals surface area contributed by atoms with E-state index in [0.717, 1.165) is 12.1 Å². The highest BCUT2D eigenvalue weighted by atomic mass is 15.2. The molecule has 0 spiro atoms. The van der Waals surface area contributed by atoms with Crippen molar-refractivity contribution in [3.05, 3.63) is 23.8 Å². The number of anilines is 1. The first-order valence-corrected chi connectivity index (χ1v) is 7.62. The van der Waals surface area contributed by atoms with Crippen LogP contribution in [0, 0.1) is 6.92 Å². The van der Waals surface area contributed by atoms with Gasteiger partial charge in [0, 0.05) is 12.6 Å². The minimum atomic E-state index is 0.360. The summed E-state index contributed by atoms with van der Waals surface area (Å²) in [6.45, 7) is 7.88. The number of aromatic nitrogens is 2. The van der Waals surface area contributed by atoms with E-state index in [0.29, 0.717) is 12.0 Å². The summed E-state index contributed by atoms with van der Waals surface area (Å²) in [4.78, 5) is 7.06. The molecule has 3 rings (SSSR count). The zero-order valence-corrected chi connectivity index (χ0v) is 12.5. The third-order valence-electron chi connectivity index (χ3n) is 4.35. The highest BCUT2D eigenvalue weighted by Gasteiger charge is 2.19. The summed E-state index contributed by atoms with van der Waals surface area (Å²) >= 11 is 0. The van der Waals surface area contributed by atoms with Gasteiger partial charge in [-0.05, 0) is 51.4 Å². The Balaban J connectivity index is 1.90. The van der Waals surface area contributed by atoms with Gasteiger partial charge < -0.3 is 15.2 Å². The van der Waals surface area contributed by atoms with Gasteiger partial charge in [0.2, 0.25) is 5.95 Å². The first-order chi connectivity index (χ1) is 9.66. The molecular formula is C16H24N4. The van der Waals surface area contributed by atoms with E-state index in [1.165, 1.54) is 43.4 Å². The number of benzene rings is 1. The third kappa shape index (κ3) is 2.40. The molecule has 4 nitrogen and oxygen atoms in total. The summed E-state index contributed by atoms with van der Waals surface area (Å²) in [6, 6.07) is 6.58. The maximum absolute atomic E-state index is 6.16. The Morgan fingerprint density at radius 3 is 2.75 bits per heavy atom. The van der Waals surface area contributed by atoms with E-state index in [4.69, 9.17) is 5.73 Å². The molecule has 20 heavy (non-hydrogen) atoms. The molecule has 2 N–H and O–H groups in total. The SMILES string of the molecule is Cc1cccc2nc(N)n(C(C)CN3CCCCC3)c12. The number of imidazole rings is 1. The molecule has 1 aromatic carbocycles. The van der Waals surface area contributed by atoms with E-state index in [1.807, 2.05) is 12.1 Å². The van der Waals surface area contributed by atoms with Crippen LogP contribution in [-0.2, 0) is 0 Å². The van der Waals surface area contributed by atoms with E-state index in [2.05, 4.69) is 34.4 Å². The molecule has 1 fully saturated rings. The van der Waals surface area contributed by atoms with Crippen molar-refractivity contribution in [2.24, 2.45) is 0 Å². The van der Waals surface area contributed by atoms with Crippen molar-refractivity contribution < 1.29 is 0 Å². The second-order valence-corrected chi connectivity index (χ2v) is 5.99. The van der Waals surface area contributed by atoms with Crippen LogP contribution in [0.2, 0.25) is 0 Å². The van der Waals surface area contributed by atoms with Crippen molar-refractivity contribution in [2.45, 2.75) is 39.2 Å². The van der Waals surface area contributed by atoms with Crippen molar-refractivity contribution in [2.75, 3.05) is 25.4 Å². The lowest BCUT2D eigenvalue weighted by Gasteiger charge is -2.30. The van der Waals surface area contributed by atoms with Crippen LogP contribution in [0.25, 0.3) is 11.0 Å². The van der Waals surface area contributed by atoms with Gasteiger partial charge in [0.25, 0.3) is 0 Å². The van der Waals surface area contributed by atoms with E-state index in [1.54, 1.807) is 0 Å². The van der Waals surface area contributed by atoms with Crippen LogP contribution < -0.4 is 5.73 Å². The van der Waals surface area contributed by atoms with Gasteiger partial charge in [-0.15, -0.1) is 0 Å². The Bertz CT molecular complexity index is 596. The normalized spacial score (nSPS) is 18.5. The van der Waals surface area contributed by atoms with Gasteiger partial charge >= 0.3 is 0 Å². The lowest BCUT2D eigenvalue weighted by molar-refractivity contribution is 0.204. The zero-order valence-electron chi connectivity index (χ0n) is 12.5. The monoisotopic (exact) mass is 272 g/mol. The molecule has 1 aliphatic rings. The molecule has 0 radical (unpaired) electrons. The number of aryl methyl sites for hydroxylation is 1. The van der Waals surface area contributed by atoms with Gasteiger partial charge in [-0.1, -0.05) is 18.6 Å². The minimum absolute atomic E-state index is 0.360. The van der Waals surface area contributed by atoms with Crippen LogP contribution >= 0.6 is 0 Å². The molecule has 0 saturated carbocycles. The van der Waals surface area contributed by atoms with Crippen LogP contribution in [0.15, 0.2) is 18.2 Å². The van der Waals surface area contributed by atoms with Crippen LogP contribution in [0.3, 0.4) is 0 Å². The van der Waals surface area contributed by atoms with Crippen LogP contribution in [0.4, 0.5) is 5.95 Å². The second kappa shape index (κ2) is 5.44. The van der Waals surface area contributed by atoms with Gasteiger partial charge in [-0.3, -0.25) is 0 Å². The van der Waals surface area contributed by atoms with Gasteiger partial charge in [-0.25, -0.2) is 4.98 Å². The van der Waals surface area contributed by atoms with Crippen molar-refractivity contribution in [1.29, 1.82) is 0 Å². The zero-order chi connectivity index (χ0) is 14.1. The van der Waals surface area contributed by atoms with Gasteiger partial charge in [0.15, 0.2) is 0 Å². The first-order valence-electron chi connectivity index (χ1n) is 7.62. The minimum Gasteiger partial charge on any atom is -0.369 e. The highest BCUT2D eigenvalue weighted by molar-refractivity contribution is 5.81. The number of para-hydroxylation sites is 1. The average molecular weight is 272 g/mol. The fourth-order valence-electron chi connectivity index (χ4n) is 3.38. The van der Waals surface area contributed by atoms with Crippen molar-refractivity contribution in [1.82, 2.24) is 14.5 Å². The predicted molar refractivity (Wildman–Crippen MR) is 83.9 cm³/mol. The molecule has 1 aromatic heterocycles. The number of piperidine rings is 1. The van der Waals surface area contributed by atoms with Crippen LogP contribution in [-0.4, -0.2) is 34.1 Å². The Kier molecular flexibility index (Phi) is 3.66. The Morgan fingerprint density at radius 1 is 1.25 bits per heavy atom. The number of fused-ring (bicyclic) bond motifs is 1. The lowest BCUT2D eigenvalue weighted by Crippen LogP contribution is -2.34. The fourth-order valence-corrected chi connectivity index (χ4v) is 3.38. The molecule has 0 aliphatic carbocycles. The molecule has 108 valence electrons. The quantitative estimate of drug-likeness (QED) is 0.934. The molecule has 1 saturated heterocycles. The van der Waals surface area contributed by atoms with Crippen molar-refractivity contribution in [3.8, 4) is 0 Å². The second-order valence-electron chi connectivity index (χ2n) is 5.99. The molecule has 1 unspecified atom stereocenters. The molecule has 2 heterocycles. The lowest BCUT2D eigenvalue weighted by atomic mass is 10.1. The number of hydrogen-bond acceptors (Lipinski definition) is 3. The molecular weight excluding hydrogens is 248 g/mol. The van der Waals surface area contributed by atoms with Crippen LogP contribution in [0.1, 0.15) is 37.8 Å². The molecule has 4 heteroatoms. The van der Waals surface area contributed by atoms with Gasteiger partial charge in [0.1, 0.15) is 0 Å². The summed E-state index contributed by atoms with van der Waals surface area (Å²) < 4.78 is 2.21. The summed E-state index contributed by atoms with van der Waals surface area (Å²) in [6.07, 6.45) is 4.03. The largest absolute Gasteiger partial charge is 0.369 e. The predicted octanol–water partition coefficient (Wildman–Crippen LogP) is 2.97. The van der Waals surface area contributed by atoms with Crippen molar-refractivity contribution in [3.63, 3.8) is 0 Å². The third-order valence-corrected chi connectivity index (χ3v) is 4.35. The van der Waals surface area contributed by atoms with Gasteiger partial charge in [0.05, 0.1) is 11.0 Å².